The van der Waals surface area contributed by atoms with Gasteiger partial charge in [-0.1, -0.05) is 49.3 Å². The van der Waals surface area contributed by atoms with E-state index in [0.717, 1.165) is 5.56 Å². The van der Waals surface area contributed by atoms with E-state index in [9.17, 15) is 9.59 Å². The number of aromatic nitrogens is 1. The fourth-order valence-corrected chi connectivity index (χ4v) is 1.85. The highest BCUT2D eigenvalue weighted by molar-refractivity contribution is 5.95. The van der Waals surface area contributed by atoms with Gasteiger partial charge in [0.1, 0.15) is 11.7 Å². The number of carbonyl (C=O) groups is 2. The van der Waals surface area contributed by atoms with Crippen LogP contribution < -0.4 is 5.32 Å². The van der Waals surface area contributed by atoms with E-state index in [2.05, 4.69) is 10.5 Å². The summed E-state index contributed by atoms with van der Waals surface area (Å²) in [7, 11) is 0. The fraction of sp³-hybridized carbons (Fsp3) is 0.267. The molecule has 2 aromatic rings. The molecular formula is C15H16N2O4. The molecule has 110 valence electrons. The molecule has 1 atom stereocenters. The first-order chi connectivity index (χ1) is 9.99. The topological polar surface area (TPSA) is 92.4 Å². The van der Waals surface area contributed by atoms with Crippen LogP contribution in [0, 0.1) is 5.92 Å². The van der Waals surface area contributed by atoms with Gasteiger partial charge in [0.15, 0.2) is 0 Å². The number of amides is 1. The number of carbonyl (C=O) groups excluding carboxylic acids is 1. The van der Waals surface area contributed by atoms with Crippen molar-refractivity contribution in [1.82, 2.24) is 10.5 Å². The smallest absolute Gasteiger partial charge is 0.326 e. The number of nitrogens with zero attached hydrogens (tertiary/aromatic N) is 1. The number of nitrogens with one attached hydrogen (secondary N) is 1. The normalized spacial score (nSPS) is 12.1. The monoisotopic (exact) mass is 288 g/mol. The van der Waals surface area contributed by atoms with Crippen molar-refractivity contribution in [3.63, 3.8) is 0 Å². The second-order valence-corrected chi connectivity index (χ2v) is 4.98. The van der Waals surface area contributed by atoms with Crippen molar-refractivity contribution < 1.29 is 19.2 Å². The zero-order valence-corrected chi connectivity index (χ0v) is 11.7. The van der Waals surface area contributed by atoms with Crippen LogP contribution in [0.4, 0.5) is 0 Å². The quantitative estimate of drug-likeness (QED) is 0.879. The van der Waals surface area contributed by atoms with Crippen molar-refractivity contribution in [1.29, 1.82) is 0 Å². The molecule has 2 rings (SSSR count). The number of hydrogen-bond acceptors (Lipinski definition) is 4. The lowest BCUT2D eigenvalue weighted by Crippen LogP contribution is -2.44. The highest BCUT2D eigenvalue weighted by atomic mass is 16.5. The van der Waals surface area contributed by atoms with Crippen molar-refractivity contribution in [3.05, 3.63) is 42.2 Å². The summed E-state index contributed by atoms with van der Waals surface area (Å²) in [5, 5.41) is 15.3. The summed E-state index contributed by atoms with van der Waals surface area (Å²) >= 11 is 0. The Morgan fingerprint density at radius 1 is 1.24 bits per heavy atom. The van der Waals surface area contributed by atoms with E-state index in [1.54, 1.807) is 13.8 Å². The number of aliphatic carboxylic acids is 1. The molecule has 1 amide bonds. The van der Waals surface area contributed by atoms with Crippen molar-refractivity contribution in [2.75, 3.05) is 0 Å². The van der Waals surface area contributed by atoms with Gasteiger partial charge in [0.25, 0.3) is 5.91 Å². The summed E-state index contributed by atoms with van der Waals surface area (Å²) in [6, 6.07) is 9.77. The molecule has 6 heteroatoms. The maximum Gasteiger partial charge on any atom is 0.326 e. The zero-order chi connectivity index (χ0) is 15.4. The Morgan fingerprint density at radius 3 is 2.48 bits per heavy atom. The maximum absolute atomic E-state index is 12.0. The number of rotatable bonds is 5. The molecule has 0 aliphatic rings. The Morgan fingerprint density at radius 2 is 1.90 bits per heavy atom. The molecule has 1 unspecified atom stereocenters. The summed E-state index contributed by atoms with van der Waals surface area (Å²) in [5.41, 5.74) is 1.34. The number of benzene rings is 1. The fourth-order valence-electron chi connectivity index (χ4n) is 1.85. The largest absolute Gasteiger partial charge is 0.480 e. The van der Waals surface area contributed by atoms with Gasteiger partial charge in [0.05, 0.1) is 0 Å². The highest BCUT2D eigenvalue weighted by Crippen LogP contribution is 2.18. The summed E-state index contributed by atoms with van der Waals surface area (Å²) in [6.07, 6.45) is 0. The first-order valence-corrected chi connectivity index (χ1v) is 6.55. The van der Waals surface area contributed by atoms with Gasteiger partial charge in [-0.05, 0) is 5.92 Å². The first kappa shape index (κ1) is 14.8. The molecule has 1 aromatic heterocycles. The molecule has 0 saturated carbocycles. The van der Waals surface area contributed by atoms with E-state index in [1.807, 2.05) is 30.3 Å². The number of carboxylic acid groups (broad SMARTS) is 1. The molecule has 0 radical (unpaired) electrons. The summed E-state index contributed by atoms with van der Waals surface area (Å²) in [5.74, 6) is -1.92. The van der Waals surface area contributed by atoms with Crippen LogP contribution in [0.1, 0.15) is 24.4 Å². The van der Waals surface area contributed by atoms with Gasteiger partial charge in [-0.15, -0.1) is 0 Å². The molecule has 1 aromatic carbocycles. The standard InChI is InChI=1S/C15H16N2O4/c1-9(2)13(15(19)20)16-14(18)12-8-11(17-21-12)10-6-4-3-5-7-10/h3-9,13H,1-2H3,(H,16,18)(H,19,20). The van der Waals surface area contributed by atoms with Crippen LogP contribution >= 0.6 is 0 Å². The molecule has 0 aliphatic heterocycles. The molecule has 1 heterocycles. The van der Waals surface area contributed by atoms with Crippen LogP contribution in [0.15, 0.2) is 40.9 Å². The van der Waals surface area contributed by atoms with Gasteiger partial charge in [0, 0.05) is 11.6 Å². The summed E-state index contributed by atoms with van der Waals surface area (Å²) in [6.45, 7) is 3.43. The van der Waals surface area contributed by atoms with E-state index in [4.69, 9.17) is 9.63 Å². The van der Waals surface area contributed by atoms with Gasteiger partial charge < -0.3 is 14.9 Å². The predicted molar refractivity (Wildman–Crippen MR) is 75.7 cm³/mol. The molecule has 0 fully saturated rings. The van der Waals surface area contributed by atoms with Crippen molar-refractivity contribution in [2.45, 2.75) is 19.9 Å². The molecule has 2 N–H and O–H groups in total. The van der Waals surface area contributed by atoms with Gasteiger partial charge in [0.2, 0.25) is 5.76 Å². The van der Waals surface area contributed by atoms with Crippen LogP contribution in [0.5, 0.6) is 0 Å². The Kier molecular flexibility index (Phi) is 4.37. The van der Waals surface area contributed by atoms with E-state index >= 15 is 0 Å². The third-order valence-electron chi connectivity index (χ3n) is 3.02. The third kappa shape index (κ3) is 3.47. The van der Waals surface area contributed by atoms with E-state index < -0.39 is 17.9 Å². The van der Waals surface area contributed by atoms with Crippen LogP contribution in [-0.4, -0.2) is 28.2 Å². The second kappa shape index (κ2) is 6.21. The van der Waals surface area contributed by atoms with Crippen molar-refractivity contribution in [3.8, 4) is 11.3 Å². The minimum atomic E-state index is -1.08. The lowest BCUT2D eigenvalue weighted by molar-refractivity contribution is -0.140. The van der Waals surface area contributed by atoms with E-state index in [1.165, 1.54) is 6.07 Å². The highest BCUT2D eigenvalue weighted by Gasteiger charge is 2.25. The molecule has 0 aliphatic carbocycles. The SMILES string of the molecule is CC(C)C(NC(=O)c1cc(-c2ccccc2)no1)C(=O)O. The third-order valence-corrected chi connectivity index (χ3v) is 3.02. The van der Waals surface area contributed by atoms with Crippen LogP contribution in [0.3, 0.4) is 0 Å². The van der Waals surface area contributed by atoms with Crippen LogP contribution in [0.25, 0.3) is 11.3 Å². The Balaban J connectivity index is 2.14. The first-order valence-electron chi connectivity index (χ1n) is 6.55. The predicted octanol–water partition coefficient (Wildman–Crippen LogP) is 2.18. The van der Waals surface area contributed by atoms with Crippen molar-refractivity contribution >= 4 is 11.9 Å². The van der Waals surface area contributed by atoms with Gasteiger partial charge in [-0.25, -0.2) is 4.79 Å². The molecular weight excluding hydrogens is 272 g/mol. The zero-order valence-electron chi connectivity index (χ0n) is 11.7. The molecule has 0 spiro atoms. The lowest BCUT2D eigenvalue weighted by atomic mass is 10.0. The maximum atomic E-state index is 12.0. The van der Waals surface area contributed by atoms with Gasteiger partial charge in [-0.3, -0.25) is 4.79 Å². The Hall–Kier alpha value is -2.63. The number of carboxylic acids is 1. The van der Waals surface area contributed by atoms with Crippen LogP contribution in [-0.2, 0) is 4.79 Å². The summed E-state index contributed by atoms with van der Waals surface area (Å²) in [4.78, 5) is 23.1. The molecule has 0 bridgehead atoms. The lowest BCUT2D eigenvalue weighted by Gasteiger charge is -2.16. The average Bonchev–Trinajstić information content (AvgIpc) is 2.94. The Labute approximate surface area is 121 Å². The molecule has 6 nitrogen and oxygen atoms in total. The van der Waals surface area contributed by atoms with Crippen LogP contribution in [0.2, 0.25) is 0 Å². The minimum Gasteiger partial charge on any atom is -0.480 e. The summed E-state index contributed by atoms with van der Waals surface area (Å²) < 4.78 is 4.99. The molecule has 0 saturated heterocycles. The average molecular weight is 288 g/mol. The van der Waals surface area contributed by atoms with Gasteiger partial charge >= 0.3 is 5.97 Å². The minimum absolute atomic E-state index is 0.0132. The number of hydrogen-bond donors (Lipinski definition) is 2. The van der Waals surface area contributed by atoms with E-state index in [-0.39, 0.29) is 11.7 Å². The van der Waals surface area contributed by atoms with Crippen molar-refractivity contribution in [2.24, 2.45) is 5.92 Å². The Bertz CT molecular complexity index is 634. The van der Waals surface area contributed by atoms with E-state index in [0.29, 0.717) is 5.69 Å². The molecule has 21 heavy (non-hydrogen) atoms. The van der Waals surface area contributed by atoms with Gasteiger partial charge in [-0.2, -0.15) is 0 Å². The second-order valence-electron chi connectivity index (χ2n) is 4.98.